The highest BCUT2D eigenvalue weighted by atomic mass is 16.5. The van der Waals surface area contributed by atoms with Crippen molar-refractivity contribution in [3.8, 4) is 11.5 Å². The molecule has 0 saturated carbocycles. The first-order chi connectivity index (χ1) is 9.24. The fourth-order valence-electron chi connectivity index (χ4n) is 1.85. The van der Waals surface area contributed by atoms with E-state index in [0.717, 1.165) is 28.5 Å². The second kappa shape index (κ2) is 6.20. The number of aryl methyl sites for hydroxylation is 1. The number of methoxy groups -OCH3 is 1. The molecular formula is C15H18N2O2. The standard InChI is InChI=1S/C15H18N2O2/c1-11-7-8-15(13(9-16)17-11)19-10-12-5-3-4-6-14(12)18-2/h3-8H,9-10,16H2,1-2H3. The van der Waals surface area contributed by atoms with E-state index >= 15 is 0 Å². The van der Waals surface area contributed by atoms with Crippen LogP contribution in [0, 0.1) is 6.92 Å². The van der Waals surface area contributed by atoms with Crippen LogP contribution < -0.4 is 15.2 Å². The number of aromatic nitrogens is 1. The minimum Gasteiger partial charge on any atom is -0.496 e. The van der Waals surface area contributed by atoms with E-state index in [2.05, 4.69) is 4.98 Å². The summed E-state index contributed by atoms with van der Waals surface area (Å²) >= 11 is 0. The summed E-state index contributed by atoms with van der Waals surface area (Å²) in [5.41, 5.74) is 8.38. The Morgan fingerprint density at radius 1 is 1.11 bits per heavy atom. The summed E-state index contributed by atoms with van der Waals surface area (Å²) in [6.07, 6.45) is 0. The summed E-state index contributed by atoms with van der Waals surface area (Å²) in [5, 5.41) is 0. The Morgan fingerprint density at radius 2 is 1.89 bits per heavy atom. The molecule has 0 radical (unpaired) electrons. The van der Waals surface area contributed by atoms with E-state index in [1.54, 1.807) is 7.11 Å². The molecule has 4 heteroatoms. The fourth-order valence-corrected chi connectivity index (χ4v) is 1.85. The van der Waals surface area contributed by atoms with Gasteiger partial charge in [0.1, 0.15) is 18.1 Å². The molecule has 2 N–H and O–H groups in total. The normalized spacial score (nSPS) is 10.3. The zero-order valence-corrected chi connectivity index (χ0v) is 11.2. The first kappa shape index (κ1) is 13.4. The number of rotatable bonds is 5. The molecule has 2 rings (SSSR count). The molecule has 1 aromatic carbocycles. The fraction of sp³-hybridized carbons (Fsp3) is 0.267. The first-order valence-corrected chi connectivity index (χ1v) is 6.16. The van der Waals surface area contributed by atoms with Crippen LogP contribution in [-0.2, 0) is 13.2 Å². The molecule has 0 aliphatic rings. The zero-order chi connectivity index (χ0) is 13.7. The third-order valence-electron chi connectivity index (χ3n) is 2.84. The molecule has 0 bridgehead atoms. The monoisotopic (exact) mass is 258 g/mol. The summed E-state index contributed by atoms with van der Waals surface area (Å²) in [5.74, 6) is 1.54. The third-order valence-corrected chi connectivity index (χ3v) is 2.84. The van der Waals surface area contributed by atoms with E-state index in [9.17, 15) is 0 Å². The lowest BCUT2D eigenvalue weighted by atomic mass is 10.2. The highest BCUT2D eigenvalue weighted by Gasteiger charge is 2.07. The molecule has 0 unspecified atom stereocenters. The van der Waals surface area contributed by atoms with Gasteiger partial charge in [0.2, 0.25) is 0 Å². The van der Waals surface area contributed by atoms with Crippen molar-refractivity contribution < 1.29 is 9.47 Å². The molecule has 2 aromatic rings. The van der Waals surface area contributed by atoms with Crippen LogP contribution in [0.2, 0.25) is 0 Å². The lowest BCUT2D eigenvalue weighted by Crippen LogP contribution is -2.06. The van der Waals surface area contributed by atoms with Crippen molar-refractivity contribution in [2.24, 2.45) is 5.73 Å². The molecule has 4 nitrogen and oxygen atoms in total. The Balaban J connectivity index is 2.14. The summed E-state index contributed by atoms with van der Waals surface area (Å²) in [4.78, 5) is 4.37. The van der Waals surface area contributed by atoms with Crippen molar-refractivity contribution >= 4 is 0 Å². The van der Waals surface area contributed by atoms with Crippen molar-refractivity contribution in [1.82, 2.24) is 4.98 Å². The second-order valence-corrected chi connectivity index (χ2v) is 4.20. The third kappa shape index (κ3) is 3.23. The van der Waals surface area contributed by atoms with E-state index in [0.29, 0.717) is 13.2 Å². The number of benzene rings is 1. The predicted molar refractivity (Wildman–Crippen MR) is 74.2 cm³/mol. The number of hydrogen-bond acceptors (Lipinski definition) is 4. The molecule has 100 valence electrons. The Hall–Kier alpha value is -2.07. The van der Waals surface area contributed by atoms with Gasteiger partial charge in [-0.1, -0.05) is 18.2 Å². The van der Waals surface area contributed by atoms with Crippen LogP contribution in [0.4, 0.5) is 0 Å². The predicted octanol–water partition coefficient (Wildman–Crippen LogP) is 2.44. The molecule has 0 saturated heterocycles. The molecule has 1 heterocycles. The number of nitrogens with two attached hydrogens (primary N) is 1. The van der Waals surface area contributed by atoms with Gasteiger partial charge in [-0.3, -0.25) is 4.98 Å². The highest BCUT2D eigenvalue weighted by Crippen LogP contribution is 2.22. The summed E-state index contributed by atoms with van der Waals surface area (Å²) in [6, 6.07) is 11.6. The summed E-state index contributed by atoms with van der Waals surface area (Å²) in [6.45, 7) is 2.73. The molecule has 0 amide bonds. The van der Waals surface area contributed by atoms with Gasteiger partial charge in [0.15, 0.2) is 0 Å². The van der Waals surface area contributed by atoms with Crippen molar-refractivity contribution in [1.29, 1.82) is 0 Å². The van der Waals surface area contributed by atoms with Crippen LogP contribution in [-0.4, -0.2) is 12.1 Å². The minimum absolute atomic E-state index is 0.364. The number of nitrogens with zero attached hydrogens (tertiary/aromatic N) is 1. The van der Waals surface area contributed by atoms with Gasteiger partial charge in [0, 0.05) is 17.8 Å². The molecule has 0 spiro atoms. The zero-order valence-electron chi connectivity index (χ0n) is 11.2. The van der Waals surface area contributed by atoms with Crippen molar-refractivity contribution in [3.05, 3.63) is 53.3 Å². The molecule has 0 aliphatic carbocycles. The van der Waals surface area contributed by atoms with Gasteiger partial charge in [-0.2, -0.15) is 0 Å². The highest BCUT2D eigenvalue weighted by molar-refractivity contribution is 5.34. The molecule has 0 aliphatic heterocycles. The van der Waals surface area contributed by atoms with Crippen LogP contribution in [0.15, 0.2) is 36.4 Å². The second-order valence-electron chi connectivity index (χ2n) is 4.20. The van der Waals surface area contributed by atoms with E-state index in [-0.39, 0.29) is 0 Å². The van der Waals surface area contributed by atoms with Crippen LogP contribution >= 0.6 is 0 Å². The van der Waals surface area contributed by atoms with Crippen molar-refractivity contribution in [2.75, 3.05) is 7.11 Å². The topological polar surface area (TPSA) is 57.4 Å². The minimum atomic E-state index is 0.364. The van der Waals surface area contributed by atoms with Gasteiger partial charge in [0.05, 0.1) is 12.8 Å². The van der Waals surface area contributed by atoms with Gasteiger partial charge in [-0.05, 0) is 25.1 Å². The molecular weight excluding hydrogens is 240 g/mol. The maximum atomic E-state index is 5.79. The van der Waals surface area contributed by atoms with Gasteiger partial charge in [0.25, 0.3) is 0 Å². The van der Waals surface area contributed by atoms with Gasteiger partial charge in [-0.25, -0.2) is 0 Å². The average molecular weight is 258 g/mol. The maximum absolute atomic E-state index is 5.79. The van der Waals surface area contributed by atoms with Crippen molar-refractivity contribution in [2.45, 2.75) is 20.1 Å². The average Bonchev–Trinajstić information content (AvgIpc) is 2.46. The number of ether oxygens (including phenoxy) is 2. The van der Waals surface area contributed by atoms with Gasteiger partial charge >= 0.3 is 0 Å². The quantitative estimate of drug-likeness (QED) is 0.895. The molecule has 0 fully saturated rings. The summed E-state index contributed by atoms with van der Waals surface area (Å²) in [7, 11) is 1.65. The van der Waals surface area contributed by atoms with Gasteiger partial charge in [-0.15, -0.1) is 0 Å². The van der Waals surface area contributed by atoms with Crippen LogP contribution in [0.25, 0.3) is 0 Å². The van der Waals surface area contributed by atoms with Crippen LogP contribution in [0.5, 0.6) is 11.5 Å². The molecule has 19 heavy (non-hydrogen) atoms. The number of hydrogen-bond donors (Lipinski definition) is 1. The Morgan fingerprint density at radius 3 is 2.63 bits per heavy atom. The summed E-state index contributed by atoms with van der Waals surface area (Å²) < 4.78 is 11.1. The lowest BCUT2D eigenvalue weighted by molar-refractivity contribution is 0.292. The van der Waals surface area contributed by atoms with E-state index < -0.39 is 0 Å². The van der Waals surface area contributed by atoms with Crippen LogP contribution in [0.3, 0.4) is 0 Å². The first-order valence-electron chi connectivity index (χ1n) is 6.16. The lowest BCUT2D eigenvalue weighted by Gasteiger charge is -2.12. The van der Waals surface area contributed by atoms with Crippen LogP contribution in [0.1, 0.15) is 17.0 Å². The SMILES string of the molecule is COc1ccccc1COc1ccc(C)nc1CN. The Labute approximate surface area is 113 Å². The van der Waals surface area contributed by atoms with E-state index in [1.165, 1.54) is 0 Å². The van der Waals surface area contributed by atoms with E-state index in [4.69, 9.17) is 15.2 Å². The largest absolute Gasteiger partial charge is 0.496 e. The maximum Gasteiger partial charge on any atom is 0.142 e. The van der Waals surface area contributed by atoms with Crippen molar-refractivity contribution in [3.63, 3.8) is 0 Å². The van der Waals surface area contributed by atoms with Gasteiger partial charge < -0.3 is 15.2 Å². The Bertz CT molecular complexity index is 556. The number of pyridine rings is 1. The van der Waals surface area contributed by atoms with E-state index in [1.807, 2.05) is 43.3 Å². The Kier molecular flexibility index (Phi) is 4.36. The number of para-hydroxylation sites is 1. The molecule has 0 atom stereocenters. The smallest absolute Gasteiger partial charge is 0.142 e. The molecule has 1 aromatic heterocycles.